The van der Waals surface area contributed by atoms with Crippen molar-refractivity contribution in [2.45, 2.75) is 25.1 Å². The minimum atomic E-state index is -0.408. The molecule has 0 N–H and O–H groups in total. The maximum absolute atomic E-state index is 11.6. The van der Waals surface area contributed by atoms with E-state index in [0.717, 1.165) is 12.8 Å². The molecule has 0 radical (unpaired) electrons. The summed E-state index contributed by atoms with van der Waals surface area (Å²) >= 11 is 5.89. The van der Waals surface area contributed by atoms with Crippen molar-refractivity contribution in [1.82, 2.24) is 4.98 Å². The van der Waals surface area contributed by atoms with Gasteiger partial charge < -0.3 is 0 Å². The van der Waals surface area contributed by atoms with E-state index in [1.165, 1.54) is 0 Å². The molecule has 2 nitrogen and oxygen atoms in total. The zero-order valence-electron chi connectivity index (χ0n) is 7.53. The largest absolute Gasteiger partial charge is 0.292 e. The standard InChI is InChI=1S/C10H12ClNO/c1-2-4-9(11)10(13)8-5-3-6-12-7-8/h3,5-7,9H,2,4H2,1H3. The molecule has 0 aliphatic rings. The summed E-state index contributed by atoms with van der Waals surface area (Å²) in [5.41, 5.74) is 0.593. The van der Waals surface area contributed by atoms with Gasteiger partial charge in [0.05, 0.1) is 5.38 Å². The van der Waals surface area contributed by atoms with Gasteiger partial charge in [-0.1, -0.05) is 13.3 Å². The van der Waals surface area contributed by atoms with Crippen LogP contribution in [0.1, 0.15) is 30.1 Å². The van der Waals surface area contributed by atoms with E-state index in [2.05, 4.69) is 4.98 Å². The van der Waals surface area contributed by atoms with Crippen LogP contribution in [0.3, 0.4) is 0 Å². The second kappa shape index (κ2) is 4.97. The van der Waals surface area contributed by atoms with E-state index >= 15 is 0 Å². The van der Waals surface area contributed by atoms with Gasteiger partial charge in [0.2, 0.25) is 0 Å². The van der Waals surface area contributed by atoms with Crippen molar-refractivity contribution < 1.29 is 4.79 Å². The summed E-state index contributed by atoms with van der Waals surface area (Å²) in [5.74, 6) is -0.0309. The van der Waals surface area contributed by atoms with Crippen LogP contribution >= 0.6 is 11.6 Å². The molecule has 1 unspecified atom stereocenters. The van der Waals surface area contributed by atoms with E-state index in [0.29, 0.717) is 5.56 Å². The van der Waals surface area contributed by atoms with Crippen LogP contribution in [0.25, 0.3) is 0 Å². The van der Waals surface area contributed by atoms with Crippen LogP contribution in [-0.4, -0.2) is 16.1 Å². The van der Waals surface area contributed by atoms with E-state index < -0.39 is 5.38 Å². The molecule has 1 rings (SSSR count). The number of Topliss-reactive ketones (excluding diaryl/α,β-unsaturated/α-hetero) is 1. The Morgan fingerprint density at radius 2 is 2.46 bits per heavy atom. The van der Waals surface area contributed by atoms with Gasteiger partial charge in [-0.3, -0.25) is 9.78 Å². The molecule has 0 saturated carbocycles. The fourth-order valence-corrected chi connectivity index (χ4v) is 1.42. The lowest BCUT2D eigenvalue weighted by atomic mass is 10.1. The molecule has 1 atom stereocenters. The molecule has 0 spiro atoms. The summed E-state index contributed by atoms with van der Waals surface area (Å²) in [6.45, 7) is 2.01. The summed E-state index contributed by atoms with van der Waals surface area (Å²) in [6, 6.07) is 3.48. The topological polar surface area (TPSA) is 30.0 Å². The Balaban J connectivity index is 2.68. The number of nitrogens with zero attached hydrogens (tertiary/aromatic N) is 1. The molecule has 1 aromatic heterocycles. The second-order valence-corrected chi connectivity index (χ2v) is 3.39. The molecule has 70 valence electrons. The fraction of sp³-hybridized carbons (Fsp3) is 0.400. The van der Waals surface area contributed by atoms with Crippen molar-refractivity contribution in [3.05, 3.63) is 30.1 Å². The van der Waals surface area contributed by atoms with E-state index in [4.69, 9.17) is 11.6 Å². The third-order valence-electron chi connectivity index (χ3n) is 1.77. The molecule has 0 aliphatic carbocycles. The number of hydrogen-bond acceptors (Lipinski definition) is 2. The van der Waals surface area contributed by atoms with Gasteiger partial charge in [0, 0.05) is 18.0 Å². The van der Waals surface area contributed by atoms with Crippen molar-refractivity contribution in [1.29, 1.82) is 0 Å². The number of alkyl halides is 1. The first-order valence-corrected chi connectivity index (χ1v) is 4.77. The predicted molar refractivity (Wildman–Crippen MR) is 53.1 cm³/mol. The molecule has 1 aromatic rings. The number of aromatic nitrogens is 1. The van der Waals surface area contributed by atoms with E-state index in [-0.39, 0.29) is 5.78 Å². The third kappa shape index (κ3) is 2.81. The Kier molecular flexibility index (Phi) is 3.90. The lowest BCUT2D eigenvalue weighted by Crippen LogP contribution is -2.14. The van der Waals surface area contributed by atoms with Gasteiger partial charge in [0.25, 0.3) is 0 Å². The molecule has 1 heterocycles. The van der Waals surface area contributed by atoms with Crippen molar-refractivity contribution in [2.24, 2.45) is 0 Å². The molecular formula is C10H12ClNO. The molecule has 0 fully saturated rings. The van der Waals surface area contributed by atoms with Gasteiger partial charge >= 0.3 is 0 Å². The summed E-state index contributed by atoms with van der Waals surface area (Å²) in [5, 5.41) is -0.408. The first-order valence-electron chi connectivity index (χ1n) is 4.34. The Bertz CT molecular complexity index is 274. The lowest BCUT2D eigenvalue weighted by molar-refractivity contribution is 0.0983. The van der Waals surface area contributed by atoms with Gasteiger partial charge in [-0.25, -0.2) is 0 Å². The predicted octanol–water partition coefficient (Wildman–Crippen LogP) is 2.67. The van der Waals surface area contributed by atoms with Gasteiger partial charge in [0.1, 0.15) is 0 Å². The smallest absolute Gasteiger partial charge is 0.182 e. The van der Waals surface area contributed by atoms with E-state index in [9.17, 15) is 4.79 Å². The Morgan fingerprint density at radius 1 is 1.69 bits per heavy atom. The average Bonchev–Trinajstić information content (AvgIpc) is 2.18. The quantitative estimate of drug-likeness (QED) is 0.549. The molecule has 13 heavy (non-hydrogen) atoms. The van der Waals surface area contributed by atoms with Gasteiger partial charge in [-0.05, 0) is 18.6 Å². The molecule has 0 bridgehead atoms. The van der Waals surface area contributed by atoms with Gasteiger partial charge in [0.15, 0.2) is 5.78 Å². The molecular weight excluding hydrogens is 186 g/mol. The Hall–Kier alpha value is -0.890. The highest BCUT2D eigenvalue weighted by molar-refractivity contribution is 6.33. The number of halogens is 1. The molecule has 0 amide bonds. The van der Waals surface area contributed by atoms with Gasteiger partial charge in [-0.15, -0.1) is 11.6 Å². The molecule has 0 aromatic carbocycles. The zero-order valence-corrected chi connectivity index (χ0v) is 8.29. The number of rotatable bonds is 4. The van der Waals surface area contributed by atoms with Crippen molar-refractivity contribution in [3.63, 3.8) is 0 Å². The molecule has 0 saturated heterocycles. The van der Waals surface area contributed by atoms with E-state index in [1.54, 1.807) is 24.5 Å². The summed E-state index contributed by atoms with van der Waals surface area (Å²) < 4.78 is 0. The summed E-state index contributed by atoms with van der Waals surface area (Å²) in [6.07, 6.45) is 4.82. The van der Waals surface area contributed by atoms with Crippen LogP contribution in [0.5, 0.6) is 0 Å². The maximum Gasteiger partial charge on any atom is 0.182 e. The van der Waals surface area contributed by atoms with Crippen LogP contribution in [0, 0.1) is 0 Å². The fourth-order valence-electron chi connectivity index (χ4n) is 1.07. The summed E-state index contributed by atoms with van der Waals surface area (Å²) in [7, 11) is 0. The number of carbonyl (C=O) groups excluding carboxylic acids is 1. The average molecular weight is 198 g/mol. The monoisotopic (exact) mass is 197 g/mol. The van der Waals surface area contributed by atoms with Crippen molar-refractivity contribution >= 4 is 17.4 Å². The highest BCUT2D eigenvalue weighted by Crippen LogP contribution is 2.12. The van der Waals surface area contributed by atoms with Crippen LogP contribution < -0.4 is 0 Å². The van der Waals surface area contributed by atoms with Crippen molar-refractivity contribution in [3.8, 4) is 0 Å². The number of ketones is 1. The third-order valence-corrected chi connectivity index (χ3v) is 2.19. The minimum absolute atomic E-state index is 0.0309. The molecule has 0 aliphatic heterocycles. The van der Waals surface area contributed by atoms with Crippen LogP contribution in [0.15, 0.2) is 24.5 Å². The number of pyridine rings is 1. The first kappa shape index (κ1) is 10.2. The normalized spacial score (nSPS) is 12.5. The Morgan fingerprint density at radius 3 is 3.00 bits per heavy atom. The lowest BCUT2D eigenvalue weighted by Gasteiger charge is -2.05. The van der Waals surface area contributed by atoms with Crippen LogP contribution in [-0.2, 0) is 0 Å². The van der Waals surface area contributed by atoms with Gasteiger partial charge in [-0.2, -0.15) is 0 Å². The maximum atomic E-state index is 11.6. The van der Waals surface area contributed by atoms with Crippen molar-refractivity contribution in [2.75, 3.05) is 0 Å². The van der Waals surface area contributed by atoms with Crippen LogP contribution in [0.4, 0.5) is 0 Å². The number of hydrogen-bond donors (Lipinski definition) is 0. The second-order valence-electron chi connectivity index (χ2n) is 2.86. The summed E-state index contributed by atoms with van der Waals surface area (Å²) in [4.78, 5) is 15.4. The van der Waals surface area contributed by atoms with Crippen LogP contribution in [0.2, 0.25) is 0 Å². The first-order chi connectivity index (χ1) is 6.25. The SMILES string of the molecule is CCCC(Cl)C(=O)c1cccnc1. The zero-order chi connectivity index (χ0) is 9.68. The highest BCUT2D eigenvalue weighted by atomic mass is 35.5. The number of carbonyl (C=O) groups is 1. The molecule has 3 heteroatoms. The highest BCUT2D eigenvalue weighted by Gasteiger charge is 2.15. The Labute approximate surface area is 82.9 Å². The minimum Gasteiger partial charge on any atom is -0.292 e. The van der Waals surface area contributed by atoms with E-state index in [1.807, 2.05) is 6.92 Å².